The molecule has 0 spiro atoms. The Balaban J connectivity index is 1.30. The highest BCUT2D eigenvalue weighted by atomic mass is 32.1. The summed E-state index contributed by atoms with van der Waals surface area (Å²) in [4.78, 5) is 12.7. The molecule has 1 aliphatic heterocycles. The minimum atomic E-state index is 0.314. The number of rotatable bonds is 6. The zero-order valence-electron chi connectivity index (χ0n) is 13.8. The molecule has 5 nitrogen and oxygen atoms in total. The van der Waals surface area contributed by atoms with E-state index in [1.54, 1.807) is 0 Å². The summed E-state index contributed by atoms with van der Waals surface area (Å²) in [5.74, 6) is 2.11. The molecule has 3 heterocycles. The molecule has 0 aromatic carbocycles. The zero-order valence-corrected chi connectivity index (χ0v) is 14.6. The van der Waals surface area contributed by atoms with E-state index in [2.05, 4.69) is 32.3 Å². The van der Waals surface area contributed by atoms with Crippen molar-refractivity contribution >= 4 is 22.8 Å². The van der Waals surface area contributed by atoms with Gasteiger partial charge in [0.2, 0.25) is 0 Å². The summed E-state index contributed by atoms with van der Waals surface area (Å²) in [6, 6.07) is 4.19. The van der Waals surface area contributed by atoms with Crippen molar-refractivity contribution in [1.82, 2.24) is 9.97 Å². The lowest BCUT2D eigenvalue weighted by Crippen LogP contribution is -2.34. The van der Waals surface area contributed by atoms with Crippen LogP contribution < -0.4 is 10.2 Å². The number of anilines is 2. The van der Waals surface area contributed by atoms with Gasteiger partial charge in [0.25, 0.3) is 0 Å². The Hall–Kier alpha value is -1.66. The van der Waals surface area contributed by atoms with Crippen LogP contribution in [0, 0.1) is 5.92 Å². The summed E-state index contributed by atoms with van der Waals surface area (Å²) < 4.78 is 0. The van der Waals surface area contributed by atoms with Gasteiger partial charge < -0.3 is 15.3 Å². The maximum atomic E-state index is 9.23. The molecule has 6 heteroatoms. The molecule has 4 rings (SSSR count). The van der Waals surface area contributed by atoms with Gasteiger partial charge in [0, 0.05) is 36.7 Å². The fourth-order valence-electron chi connectivity index (χ4n) is 3.15. The van der Waals surface area contributed by atoms with Gasteiger partial charge in [0.15, 0.2) is 0 Å². The van der Waals surface area contributed by atoms with Crippen LogP contribution in [0.25, 0.3) is 0 Å². The Labute approximate surface area is 146 Å². The van der Waals surface area contributed by atoms with Gasteiger partial charge in [-0.1, -0.05) is 0 Å². The average Bonchev–Trinajstić information content (AvgIpc) is 3.39. The summed E-state index contributed by atoms with van der Waals surface area (Å²) in [6.07, 6.45) is 8.67. The minimum absolute atomic E-state index is 0.314. The van der Waals surface area contributed by atoms with E-state index in [4.69, 9.17) is 0 Å². The molecule has 0 amide bonds. The number of thiazole rings is 1. The van der Waals surface area contributed by atoms with Gasteiger partial charge in [-0.25, -0.2) is 9.97 Å². The highest BCUT2D eigenvalue weighted by Crippen LogP contribution is 2.41. The molecule has 0 atom stereocenters. The Kier molecular flexibility index (Phi) is 4.67. The predicted molar refractivity (Wildman–Crippen MR) is 97.7 cm³/mol. The third-order valence-corrected chi connectivity index (χ3v) is 6.09. The summed E-state index contributed by atoms with van der Waals surface area (Å²) in [6.45, 7) is 3.11. The van der Waals surface area contributed by atoms with E-state index < -0.39 is 0 Å². The minimum Gasteiger partial charge on any atom is -0.396 e. The molecule has 2 aromatic rings. The molecule has 0 radical (unpaired) electrons. The van der Waals surface area contributed by atoms with Crippen LogP contribution in [-0.2, 0) is 6.54 Å². The summed E-state index contributed by atoms with van der Waals surface area (Å²) in [7, 11) is 0. The molecule has 1 aliphatic carbocycles. The normalized spacial score (nSPS) is 18.8. The average molecular weight is 344 g/mol. The molecular formula is C18H24N4OS. The van der Waals surface area contributed by atoms with Gasteiger partial charge in [-0.3, -0.25) is 0 Å². The molecular weight excluding hydrogens is 320 g/mol. The summed E-state index contributed by atoms with van der Waals surface area (Å²) in [5, 5.41) is 13.9. The lowest BCUT2D eigenvalue weighted by atomic mass is 9.98. The Morgan fingerprint density at radius 2 is 1.96 bits per heavy atom. The lowest BCUT2D eigenvalue weighted by Gasteiger charge is -2.32. The van der Waals surface area contributed by atoms with Crippen LogP contribution in [0.4, 0.5) is 11.5 Å². The van der Waals surface area contributed by atoms with Crippen LogP contribution in [-0.4, -0.2) is 34.8 Å². The summed E-state index contributed by atoms with van der Waals surface area (Å²) >= 11 is 1.82. The number of nitrogens with one attached hydrogen (secondary N) is 1. The van der Waals surface area contributed by atoms with Crippen LogP contribution in [0.3, 0.4) is 0 Å². The first kappa shape index (κ1) is 15.8. The second-order valence-corrected chi connectivity index (χ2v) is 7.95. The maximum absolute atomic E-state index is 9.23. The van der Waals surface area contributed by atoms with E-state index >= 15 is 0 Å². The van der Waals surface area contributed by atoms with Gasteiger partial charge >= 0.3 is 0 Å². The molecule has 24 heavy (non-hydrogen) atoms. The highest BCUT2D eigenvalue weighted by Gasteiger charge is 2.26. The van der Waals surface area contributed by atoms with Crippen LogP contribution in [0.1, 0.15) is 41.5 Å². The van der Waals surface area contributed by atoms with E-state index in [1.807, 2.05) is 23.7 Å². The van der Waals surface area contributed by atoms with Crippen LogP contribution in [0.2, 0.25) is 0 Å². The number of aromatic nitrogens is 2. The molecule has 1 saturated heterocycles. The van der Waals surface area contributed by atoms with Crippen molar-refractivity contribution < 1.29 is 5.11 Å². The first-order valence-electron chi connectivity index (χ1n) is 8.82. The van der Waals surface area contributed by atoms with E-state index in [-0.39, 0.29) is 0 Å². The van der Waals surface area contributed by atoms with Crippen LogP contribution >= 0.6 is 11.3 Å². The van der Waals surface area contributed by atoms with Gasteiger partial charge in [0.05, 0.1) is 23.4 Å². The third-order valence-electron chi connectivity index (χ3n) is 4.93. The van der Waals surface area contributed by atoms with Crippen molar-refractivity contribution in [2.75, 3.05) is 29.9 Å². The van der Waals surface area contributed by atoms with Gasteiger partial charge in [-0.15, -0.1) is 11.3 Å². The second-order valence-electron chi connectivity index (χ2n) is 6.81. The van der Waals surface area contributed by atoms with Crippen molar-refractivity contribution in [2.24, 2.45) is 5.92 Å². The number of pyridine rings is 1. The van der Waals surface area contributed by atoms with Crippen molar-refractivity contribution in [1.29, 1.82) is 0 Å². The fraction of sp³-hybridized carbons (Fsp3) is 0.556. The SMILES string of the molecule is OCC1CCN(c2ccc(NCc3cnc(C4CC4)s3)nc2)CC1. The smallest absolute Gasteiger partial charge is 0.126 e. The van der Waals surface area contributed by atoms with Crippen LogP contribution in [0.5, 0.6) is 0 Å². The largest absolute Gasteiger partial charge is 0.396 e. The first-order chi connectivity index (χ1) is 11.8. The fourth-order valence-corrected chi connectivity index (χ4v) is 4.18. The van der Waals surface area contributed by atoms with E-state index in [0.717, 1.165) is 44.2 Å². The molecule has 2 fully saturated rings. The van der Waals surface area contributed by atoms with E-state index in [9.17, 15) is 5.11 Å². The topological polar surface area (TPSA) is 61.3 Å². The van der Waals surface area contributed by atoms with Crippen molar-refractivity contribution in [3.8, 4) is 0 Å². The van der Waals surface area contributed by atoms with Gasteiger partial charge in [0.1, 0.15) is 5.82 Å². The number of piperidine rings is 1. The van der Waals surface area contributed by atoms with Crippen molar-refractivity contribution in [2.45, 2.75) is 38.1 Å². The Morgan fingerprint density at radius 1 is 1.12 bits per heavy atom. The second kappa shape index (κ2) is 7.07. The Morgan fingerprint density at radius 3 is 2.62 bits per heavy atom. The molecule has 0 unspecified atom stereocenters. The number of hydrogen-bond donors (Lipinski definition) is 2. The van der Waals surface area contributed by atoms with E-state index in [0.29, 0.717) is 12.5 Å². The molecule has 128 valence electrons. The molecule has 2 aromatic heterocycles. The lowest BCUT2D eigenvalue weighted by molar-refractivity contribution is 0.203. The van der Waals surface area contributed by atoms with E-state index in [1.165, 1.54) is 28.4 Å². The zero-order chi connectivity index (χ0) is 16.4. The Bertz CT molecular complexity index is 660. The first-order valence-corrected chi connectivity index (χ1v) is 9.64. The van der Waals surface area contributed by atoms with Gasteiger partial charge in [-0.05, 0) is 43.7 Å². The standard InChI is InChI=1S/C18H24N4OS/c23-12-13-5-7-22(8-6-13)15-3-4-17(19-9-15)20-10-16-11-21-18(24-16)14-1-2-14/h3-4,9,11,13-14,23H,1-2,5-8,10,12H2,(H,19,20). The molecule has 0 bridgehead atoms. The molecule has 2 N–H and O–H groups in total. The number of hydrogen-bond acceptors (Lipinski definition) is 6. The number of nitrogens with zero attached hydrogens (tertiary/aromatic N) is 3. The summed E-state index contributed by atoms with van der Waals surface area (Å²) in [5.41, 5.74) is 1.17. The molecule has 1 saturated carbocycles. The molecule has 2 aliphatic rings. The van der Waals surface area contributed by atoms with Crippen molar-refractivity contribution in [3.05, 3.63) is 34.4 Å². The maximum Gasteiger partial charge on any atom is 0.126 e. The van der Waals surface area contributed by atoms with Gasteiger partial charge in [-0.2, -0.15) is 0 Å². The highest BCUT2D eigenvalue weighted by molar-refractivity contribution is 7.11. The van der Waals surface area contributed by atoms with Crippen molar-refractivity contribution in [3.63, 3.8) is 0 Å². The van der Waals surface area contributed by atoms with Crippen LogP contribution in [0.15, 0.2) is 24.5 Å². The predicted octanol–water partition coefficient (Wildman–Crippen LogP) is 3.24. The monoisotopic (exact) mass is 344 g/mol. The number of aliphatic hydroxyl groups excluding tert-OH is 1. The quantitative estimate of drug-likeness (QED) is 0.842. The third kappa shape index (κ3) is 3.70. The number of aliphatic hydroxyl groups is 1.